The van der Waals surface area contributed by atoms with Crippen LogP contribution in [0.15, 0.2) is 23.1 Å². The number of halogens is 3. The average molecular weight is 430 g/mol. The van der Waals surface area contributed by atoms with E-state index in [1.165, 1.54) is 4.68 Å². The molecule has 0 amide bonds. The first-order chi connectivity index (χ1) is 11.5. The lowest BCUT2D eigenvalue weighted by Crippen LogP contribution is -2.22. The van der Waals surface area contributed by atoms with Crippen molar-refractivity contribution in [2.45, 2.75) is 25.4 Å². The van der Waals surface area contributed by atoms with Crippen LogP contribution in [-0.4, -0.2) is 30.4 Å². The largest absolute Gasteiger partial charge is 0.479 e. The number of imidazole rings is 1. The van der Waals surface area contributed by atoms with Crippen molar-refractivity contribution in [2.75, 3.05) is 0 Å². The van der Waals surface area contributed by atoms with Crippen LogP contribution >= 0.6 is 39.1 Å². The SMILES string of the molecule is O=C(O)C(c1ncn2c1CCC2)n1cc2c(Cl)cc(Br)c(Cl)c2n1. The third-order valence-electron chi connectivity index (χ3n) is 4.21. The maximum Gasteiger partial charge on any atom is 0.334 e. The molecule has 3 aromatic rings. The Morgan fingerprint density at radius 3 is 2.96 bits per heavy atom. The summed E-state index contributed by atoms with van der Waals surface area (Å²) in [5.41, 5.74) is 1.91. The van der Waals surface area contributed by atoms with Gasteiger partial charge in [0.05, 0.1) is 22.1 Å². The number of fused-ring (bicyclic) bond motifs is 2. The Morgan fingerprint density at radius 2 is 2.21 bits per heavy atom. The monoisotopic (exact) mass is 428 g/mol. The molecule has 24 heavy (non-hydrogen) atoms. The summed E-state index contributed by atoms with van der Waals surface area (Å²) in [5.74, 6) is -1.03. The third-order valence-corrected chi connectivity index (χ3v) is 5.76. The van der Waals surface area contributed by atoms with E-state index >= 15 is 0 Å². The molecular weight excluding hydrogens is 419 g/mol. The summed E-state index contributed by atoms with van der Waals surface area (Å²) in [4.78, 5) is 16.2. The van der Waals surface area contributed by atoms with E-state index in [1.54, 1.807) is 18.6 Å². The van der Waals surface area contributed by atoms with Crippen LogP contribution in [0, 0.1) is 0 Å². The molecule has 6 nitrogen and oxygen atoms in total. The molecule has 1 aromatic carbocycles. The maximum atomic E-state index is 11.9. The van der Waals surface area contributed by atoms with E-state index in [9.17, 15) is 9.90 Å². The summed E-state index contributed by atoms with van der Waals surface area (Å²) in [7, 11) is 0. The van der Waals surface area contributed by atoms with Gasteiger partial charge < -0.3 is 9.67 Å². The van der Waals surface area contributed by atoms with Gasteiger partial charge in [-0.05, 0) is 34.8 Å². The van der Waals surface area contributed by atoms with E-state index in [2.05, 4.69) is 26.0 Å². The fraction of sp³-hybridized carbons (Fsp3) is 0.267. The lowest BCUT2D eigenvalue weighted by atomic mass is 10.1. The van der Waals surface area contributed by atoms with Crippen LogP contribution < -0.4 is 0 Å². The van der Waals surface area contributed by atoms with Crippen LogP contribution in [0.3, 0.4) is 0 Å². The molecule has 0 fully saturated rings. The van der Waals surface area contributed by atoms with Crippen LogP contribution in [0.4, 0.5) is 0 Å². The van der Waals surface area contributed by atoms with E-state index in [1.807, 2.05) is 4.57 Å². The highest BCUT2D eigenvalue weighted by Gasteiger charge is 2.31. The Kier molecular flexibility index (Phi) is 3.82. The van der Waals surface area contributed by atoms with Gasteiger partial charge in [0.2, 0.25) is 0 Å². The number of aryl methyl sites for hydroxylation is 1. The number of carboxylic acids is 1. The predicted molar refractivity (Wildman–Crippen MR) is 93.8 cm³/mol. The van der Waals surface area contributed by atoms with Gasteiger partial charge in [-0.2, -0.15) is 5.10 Å². The second kappa shape index (κ2) is 5.75. The van der Waals surface area contributed by atoms with Crippen molar-refractivity contribution in [3.63, 3.8) is 0 Å². The van der Waals surface area contributed by atoms with Crippen molar-refractivity contribution in [3.8, 4) is 0 Å². The van der Waals surface area contributed by atoms with E-state index in [4.69, 9.17) is 23.2 Å². The molecular formula is C15H11BrCl2N4O2. The number of carbonyl (C=O) groups is 1. The smallest absolute Gasteiger partial charge is 0.334 e. The van der Waals surface area contributed by atoms with Crippen LogP contribution in [0.1, 0.15) is 23.9 Å². The molecule has 3 heterocycles. The van der Waals surface area contributed by atoms with Crippen molar-refractivity contribution in [1.82, 2.24) is 19.3 Å². The first kappa shape index (κ1) is 15.9. The summed E-state index contributed by atoms with van der Waals surface area (Å²) < 4.78 is 3.98. The lowest BCUT2D eigenvalue weighted by Gasteiger charge is -2.12. The molecule has 2 aromatic heterocycles. The maximum absolute atomic E-state index is 11.9. The van der Waals surface area contributed by atoms with Crippen molar-refractivity contribution in [1.29, 1.82) is 0 Å². The van der Waals surface area contributed by atoms with Gasteiger partial charge in [-0.1, -0.05) is 23.2 Å². The van der Waals surface area contributed by atoms with E-state index < -0.39 is 12.0 Å². The molecule has 9 heteroatoms. The van der Waals surface area contributed by atoms with Gasteiger partial charge in [0.1, 0.15) is 5.52 Å². The number of rotatable bonds is 3. The molecule has 1 atom stereocenters. The molecule has 0 saturated carbocycles. The first-order valence-corrected chi connectivity index (χ1v) is 8.81. The lowest BCUT2D eigenvalue weighted by molar-refractivity contribution is -0.139. The van der Waals surface area contributed by atoms with Gasteiger partial charge in [0.15, 0.2) is 6.04 Å². The van der Waals surface area contributed by atoms with Crippen LogP contribution in [-0.2, 0) is 17.8 Å². The number of hydrogen-bond donors (Lipinski definition) is 1. The molecule has 0 saturated heterocycles. The fourth-order valence-electron chi connectivity index (χ4n) is 3.11. The van der Waals surface area contributed by atoms with Crippen molar-refractivity contribution < 1.29 is 9.90 Å². The third kappa shape index (κ3) is 2.34. The van der Waals surface area contributed by atoms with E-state index in [0.717, 1.165) is 25.1 Å². The molecule has 1 aliphatic heterocycles. The van der Waals surface area contributed by atoms with Gasteiger partial charge >= 0.3 is 5.97 Å². The van der Waals surface area contributed by atoms with Gasteiger partial charge in [0.25, 0.3) is 0 Å². The van der Waals surface area contributed by atoms with Crippen LogP contribution in [0.25, 0.3) is 10.9 Å². The summed E-state index contributed by atoms with van der Waals surface area (Å²) in [6.45, 7) is 0.861. The van der Waals surface area contributed by atoms with E-state index in [-0.39, 0.29) is 0 Å². The zero-order chi connectivity index (χ0) is 17.0. The van der Waals surface area contributed by atoms with Crippen molar-refractivity contribution in [3.05, 3.63) is 44.5 Å². The molecule has 1 unspecified atom stereocenters. The van der Waals surface area contributed by atoms with Gasteiger partial charge in [-0.15, -0.1) is 0 Å². The Bertz CT molecular complexity index is 982. The summed E-state index contributed by atoms with van der Waals surface area (Å²) in [6, 6.07) is 0.653. The zero-order valence-electron chi connectivity index (χ0n) is 12.2. The Balaban J connectivity index is 1.91. The quantitative estimate of drug-likeness (QED) is 0.640. The van der Waals surface area contributed by atoms with Crippen LogP contribution in [0.2, 0.25) is 10.0 Å². The Hall–Kier alpha value is -1.57. The van der Waals surface area contributed by atoms with Gasteiger partial charge in [0, 0.05) is 28.3 Å². The van der Waals surface area contributed by atoms with Crippen molar-refractivity contribution >= 4 is 56.0 Å². The summed E-state index contributed by atoms with van der Waals surface area (Å²) in [5, 5.41) is 15.6. The minimum Gasteiger partial charge on any atom is -0.479 e. The molecule has 1 aliphatic rings. The minimum absolute atomic E-state index is 0.396. The number of aliphatic carboxylic acids is 1. The molecule has 4 rings (SSSR count). The molecule has 0 radical (unpaired) electrons. The molecule has 124 valence electrons. The zero-order valence-corrected chi connectivity index (χ0v) is 15.3. The summed E-state index contributed by atoms with van der Waals surface area (Å²) >= 11 is 15.8. The number of nitrogens with zero attached hydrogens (tertiary/aromatic N) is 4. The number of hydrogen-bond acceptors (Lipinski definition) is 3. The fourth-order valence-corrected chi connectivity index (χ4v) is 4.10. The Morgan fingerprint density at radius 1 is 1.42 bits per heavy atom. The standard InChI is InChI=1S/C15H11BrCl2N4O2/c16-8-4-9(17)7-5-22(20-12(7)11(8)18)14(15(23)24)13-10-2-1-3-21(10)6-19-13/h4-6,14H,1-3H2,(H,23,24). The highest BCUT2D eigenvalue weighted by molar-refractivity contribution is 9.10. The molecule has 0 bridgehead atoms. The second-order valence-electron chi connectivity index (χ2n) is 5.64. The van der Waals surface area contributed by atoms with Gasteiger partial charge in [-0.25, -0.2) is 9.78 Å². The first-order valence-electron chi connectivity index (χ1n) is 7.26. The Labute approximate surface area is 155 Å². The van der Waals surface area contributed by atoms with Crippen LogP contribution in [0.5, 0.6) is 0 Å². The number of benzene rings is 1. The number of aromatic nitrogens is 4. The number of carboxylic acid groups (broad SMARTS) is 1. The highest BCUT2D eigenvalue weighted by Crippen LogP contribution is 2.36. The average Bonchev–Trinajstić information content (AvgIpc) is 3.21. The van der Waals surface area contributed by atoms with Crippen molar-refractivity contribution in [2.24, 2.45) is 0 Å². The normalized spacial score (nSPS) is 15.0. The van der Waals surface area contributed by atoms with Gasteiger partial charge in [-0.3, -0.25) is 4.68 Å². The highest BCUT2D eigenvalue weighted by atomic mass is 79.9. The second-order valence-corrected chi connectivity index (χ2v) is 7.28. The predicted octanol–water partition coefficient (Wildman–Crippen LogP) is 3.92. The summed E-state index contributed by atoms with van der Waals surface area (Å²) in [6.07, 6.45) is 5.10. The van der Waals surface area contributed by atoms with E-state index in [0.29, 0.717) is 31.1 Å². The minimum atomic E-state index is -1.03. The molecule has 0 aliphatic carbocycles. The topological polar surface area (TPSA) is 72.9 Å². The molecule has 0 spiro atoms. The molecule has 1 N–H and O–H groups in total.